The van der Waals surface area contributed by atoms with Crippen LogP contribution in [0.3, 0.4) is 0 Å². The highest BCUT2D eigenvalue weighted by atomic mass is 15.3. The Kier molecular flexibility index (Phi) is 3.76. The van der Waals surface area contributed by atoms with Crippen LogP contribution < -0.4 is 5.32 Å². The van der Waals surface area contributed by atoms with Crippen LogP contribution in [0.25, 0.3) is 10.8 Å². The second-order valence-corrected chi connectivity index (χ2v) is 5.52. The van der Waals surface area contributed by atoms with Crippen LogP contribution >= 0.6 is 0 Å². The summed E-state index contributed by atoms with van der Waals surface area (Å²) >= 11 is 0. The number of hydrogen-bond acceptors (Lipinski definition) is 2. The van der Waals surface area contributed by atoms with Gasteiger partial charge in [0.1, 0.15) is 0 Å². The fraction of sp³-hybridized carbons (Fsp3) is 0.278. The van der Waals surface area contributed by atoms with Gasteiger partial charge >= 0.3 is 0 Å². The van der Waals surface area contributed by atoms with E-state index in [1.807, 2.05) is 14.0 Å². The Morgan fingerprint density at radius 1 is 1.10 bits per heavy atom. The van der Waals surface area contributed by atoms with Crippen molar-refractivity contribution in [3.63, 3.8) is 0 Å². The molecule has 3 rings (SSSR count). The van der Waals surface area contributed by atoms with Crippen molar-refractivity contribution >= 4 is 10.8 Å². The number of nitrogens with one attached hydrogen (secondary N) is 1. The molecule has 0 saturated heterocycles. The van der Waals surface area contributed by atoms with Crippen molar-refractivity contribution in [3.8, 4) is 0 Å². The Labute approximate surface area is 125 Å². The Hall–Kier alpha value is -2.13. The number of hydrogen-bond donors (Lipinski definition) is 1. The Morgan fingerprint density at radius 3 is 2.57 bits per heavy atom. The average molecular weight is 279 g/mol. The van der Waals surface area contributed by atoms with Crippen molar-refractivity contribution < 1.29 is 0 Å². The summed E-state index contributed by atoms with van der Waals surface area (Å²) < 4.78 is 2.08. The molecule has 1 aromatic heterocycles. The third-order valence-corrected chi connectivity index (χ3v) is 4.01. The van der Waals surface area contributed by atoms with Crippen molar-refractivity contribution in [1.82, 2.24) is 15.1 Å². The molecule has 0 bridgehead atoms. The summed E-state index contributed by atoms with van der Waals surface area (Å²) in [5, 5.41) is 10.6. The summed E-state index contributed by atoms with van der Waals surface area (Å²) in [4.78, 5) is 0. The molecular formula is C18H21N3. The Bertz CT molecular complexity index is 753. The first-order valence-corrected chi connectivity index (χ1v) is 7.35. The molecule has 21 heavy (non-hydrogen) atoms. The lowest BCUT2D eigenvalue weighted by molar-refractivity contribution is 0.462. The van der Waals surface area contributed by atoms with E-state index in [1.54, 1.807) is 0 Å². The van der Waals surface area contributed by atoms with Crippen molar-refractivity contribution in [1.29, 1.82) is 0 Å². The lowest BCUT2D eigenvalue weighted by atomic mass is 9.99. The number of aromatic nitrogens is 2. The van der Waals surface area contributed by atoms with Gasteiger partial charge in [0.05, 0.1) is 18.3 Å². The van der Waals surface area contributed by atoms with Gasteiger partial charge in [-0.2, -0.15) is 5.10 Å². The average Bonchev–Trinajstić information content (AvgIpc) is 2.82. The maximum atomic E-state index is 4.58. The van der Waals surface area contributed by atoms with Crippen molar-refractivity contribution in [3.05, 3.63) is 65.5 Å². The summed E-state index contributed by atoms with van der Waals surface area (Å²) in [6, 6.07) is 17.4. The van der Waals surface area contributed by atoms with Gasteiger partial charge in [-0.15, -0.1) is 0 Å². The highest BCUT2D eigenvalue weighted by Crippen LogP contribution is 2.25. The topological polar surface area (TPSA) is 29.9 Å². The van der Waals surface area contributed by atoms with Gasteiger partial charge in [-0.25, -0.2) is 0 Å². The third kappa shape index (κ3) is 2.69. The molecule has 0 saturated carbocycles. The first-order valence-electron chi connectivity index (χ1n) is 7.35. The molecule has 0 radical (unpaired) electrons. The predicted octanol–water partition coefficient (Wildman–Crippen LogP) is 3.61. The first kappa shape index (κ1) is 13.8. The van der Waals surface area contributed by atoms with Crippen molar-refractivity contribution in [2.45, 2.75) is 26.4 Å². The molecule has 0 spiro atoms. The molecule has 1 heterocycles. The minimum Gasteiger partial charge on any atom is -0.311 e. The summed E-state index contributed by atoms with van der Waals surface area (Å²) in [5.74, 6) is 0. The van der Waals surface area contributed by atoms with Crippen LogP contribution in [0, 0.1) is 13.8 Å². The van der Waals surface area contributed by atoms with E-state index in [-0.39, 0.29) is 6.04 Å². The Morgan fingerprint density at radius 2 is 1.86 bits per heavy atom. The molecule has 3 aromatic rings. The third-order valence-electron chi connectivity index (χ3n) is 4.01. The molecule has 0 aliphatic heterocycles. The van der Waals surface area contributed by atoms with Crippen molar-refractivity contribution in [2.75, 3.05) is 7.05 Å². The zero-order valence-corrected chi connectivity index (χ0v) is 12.8. The van der Waals surface area contributed by atoms with E-state index in [0.717, 1.165) is 12.2 Å². The minimum absolute atomic E-state index is 0.245. The molecule has 1 N–H and O–H groups in total. The molecule has 3 nitrogen and oxygen atoms in total. The standard InChI is InChI=1S/C18H21N3/c1-13-11-14(2)21(20-13)12-18(19-3)17-10-6-8-15-7-4-5-9-16(15)17/h4-11,18-19H,12H2,1-3H3. The second-order valence-electron chi connectivity index (χ2n) is 5.52. The van der Waals surface area contributed by atoms with E-state index in [2.05, 4.69) is 70.6 Å². The summed E-state index contributed by atoms with van der Waals surface area (Å²) in [7, 11) is 2.01. The van der Waals surface area contributed by atoms with Gasteiger partial charge < -0.3 is 5.32 Å². The first-order chi connectivity index (χ1) is 10.2. The minimum atomic E-state index is 0.245. The smallest absolute Gasteiger partial charge is 0.0607 e. The molecule has 0 aliphatic carbocycles. The summed E-state index contributed by atoms with van der Waals surface area (Å²) in [5.41, 5.74) is 3.59. The predicted molar refractivity (Wildman–Crippen MR) is 87.4 cm³/mol. The molecule has 0 aliphatic rings. The summed E-state index contributed by atoms with van der Waals surface area (Å²) in [6.07, 6.45) is 0. The highest BCUT2D eigenvalue weighted by Gasteiger charge is 2.14. The molecule has 108 valence electrons. The van der Waals surface area contributed by atoms with Gasteiger partial charge in [0.2, 0.25) is 0 Å². The van der Waals surface area contributed by atoms with E-state index in [4.69, 9.17) is 0 Å². The fourth-order valence-corrected chi connectivity index (χ4v) is 2.93. The SMILES string of the molecule is CNC(Cn1nc(C)cc1C)c1cccc2ccccc12. The van der Waals surface area contributed by atoms with Gasteiger partial charge in [-0.1, -0.05) is 42.5 Å². The number of aryl methyl sites for hydroxylation is 2. The van der Waals surface area contributed by atoms with E-state index in [0.29, 0.717) is 0 Å². The van der Waals surface area contributed by atoms with Crippen LogP contribution in [0.1, 0.15) is 23.0 Å². The van der Waals surface area contributed by atoms with E-state index >= 15 is 0 Å². The Balaban J connectivity index is 2.00. The van der Waals surface area contributed by atoms with Crippen LogP contribution in [0.2, 0.25) is 0 Å². The van der Waals surface area contributed by atoms with Crippen LogP contribution in [0.4, 0.5) is 0 Å². The molecular weight excluding hydrogens is 258 g/mol. The maximum absolute atomic E-state index is 4.58. The lowest BCUT2D eigenvalue weighted by Crippen LogP contribution is -2.23. The molecule has 1 atom stereocenters. The molecule has 0 fully saturated rings. The highest BCUT2D eigenvalue weighted by molar-refractivity contribution is 5.86. The van der Waals surface area contributed by atoms with Crippen LogP contribution in [0.5, 0.6) is 0 Å². The van der Waals surface area contributed by atoms with Crippen LogP contribution in [0.15, 0.2) is 48.5 Å². The van der Waals surface area contributed by atoms with E-state index < -0.39 is 0 Å². The van der Waals surface area contributed by atoms with Gasteiger partial charge in [-0.05, 0) is 43.3 Å². The number of likely N-dealkylation sites (N-methyl/N-ethyl adjacent to an activating group) is 1. The van der Waals surface area contributed by atoms with E-state index in [9.17, 15) is 0 Å². The monoisotopic (exact) mass is 279 g/mol. The number of benzene rings is 2. The largest absolute Gasteiger partial charge is 0.311 e. The molecule has 3 heteroatoms. The van der Waals surface area contributed by atoms with Crippen LogP contribution in [-0.4, -0.2) is 16.8 Å². The van der Waals surface area contributed by atoms with Gasteiger partial charge in [0.15, 0.2) is 0 Å². The maximum Gasteiger partial charge on any atom is 0.0607 e. The zero-order valence-electron chi connectivity index (χ0n) is 12.8. The van der Waals surface area contributed by atoms with Crippen LogP contribution in [-0.2, 0) is 6.54 Å². The molecule has 1 unspecified atom stereocenters. The molecule has 0 amide bonds. The fourth-order valence-electron chi connectivity index (χ4n) is 2.93. The summed E-state index contributed by atoms with van der Waals surface area (Å²) in [6.45, 7) is 4.98. The number of nitrogens with zero attached hydrogens (tertiary/aromatic N) is 2. The number of rotatable bonds is 4. The normalized spacial score (nSPS) is 12.7. The van der Waals surface area contributed by atoms with E-state index in [1.165, 1.54) is 22.0 Å². The van der Waals surface area contributed by atoms with Gasteiger partial charge in [0.25, 0.3) is 0 Å². The van der Waals surface area contributed by atoms with Crippen molar-refractivity contribution in [2.24, 2.45) is 0 Å². The van der Waals surface area contributed by atoms with Gasteiger partial charge in [-0.3, -0.25) is 4.68 Å². The second kappa shape index (κ2) is 5.70. The molecule has 2 aromatic carbocycles. The number of fused-ring (bicyclic) bond motifs is 1. The van der Waals surface area contributed by atoms with Gasteiger partial charge in [0, 0.05) is 5.69 Å². The zero-order chi connectivity index (χ0) is 14.8. The lowest BCUT2D eigenvalue weighted by Gasteiger charge is -2.19. The quantitative estimate of drug-likeness (QED) is 0.790.